The smallest absolute Gasteiger partial charge is 0.322 e. The molecule has 0 fully saturated rings. The van der Waals surface area contributed by atoms with E-state index in [1.165, 1.54) is 128 Å². The monoisotopic (exact) mass is 501 g/mol. The third-order valence-electron chi connectivity index (χ3n) is 6.44. The Kier molecular flexibility index (Phi) is 20.2. The van der Waals surface area contributed by atoms with Crippen molar-refractivity contribution in [1.29, 1.82) is 0 Å². The molecule has 6 heteroatoms. The third kappa shape index (κ3) is 18.4. The molecule has 0 aliphatic rings. The van der Waals surface area contributed by atoms with Crippen LogP contribution in [-0.4, -0.2) is 21.6 Å². The lowest BCUT2D eigenvalue weighted by Gasteiger charge is -2.17. The average Bonchev–Trinajstić information content (AvgIpc) is 2.79. The Hall–Kier alpha value is -0.610. The van der Waals surface area contributed by atoms with Crippen molar-refractivity contribution in [1.82, 2.24) is 15.0 Å². The number of halogens is 2. The zero-order valence-corrected chi connectivity index (χ0v) is 22.9. The van der Waals surface area contributed by atoms with Gasteiger partial charge in [-0.25, -0.2) is 0 Å². The third-order valence-corrected chi connectivity index (χ3v) is 6.78. The number of unbranched alkanes of at least 4 members (excludes halogenated alkanes) is 16. The molecule has 192 valence electrons. The van der Waals surface area contributed by atoms with Crippen molar-refractivity contribution >= 4 is 23.2 Å². The molecule has 0 radical (unpaired) electrons. The van der Waals surface area contributed by atoms with E-state index in [0.29, 0.717) is 12.5 Å². The Balaban J connectivity index is 2.26. The lowest BCUT2D eigenvalue weighted by molar-refractivity contribution is 0.209. The number of rotatable bonds is 23. The zero-order chi connectivity index (χ0) is 24.0. The molecule has 0 saturated carbocycles. The van der Waals surface area contributed by atoms with Crippen molar-refractivity contribution in [2.24, 2.45) is 5.92 Å². The molecule has 1 atom stereocenters. The highest BCUT2D eigenvalue weighted by molar-refractivity contribution is 6.31. The van der Waals surface area contributed by atoms with Crippen LogP contribution in [0.5, 0.6) is 6.01 Å². The van der Waals surface area contributed by atoms with Crippen molar-refractivity contribution in [3.8, 4) is 6.01 Å². The molecular weight excluding hydrogens is 453 g/mol. The van der Waals surface area contributed by atoms with E-state index >= 15 is 0 Å². The predicted molar refractivity (Wildman–Crippen MR) is 143 cm³/mol. The normalized spacial score (nSPS) is 12.2. The van der Waals surface area contributed by atoms with E-state index in [0.717, 1.165) is 0 Å². The van der Waals surface area contributed by atoms with E-state index < -0.39 is 0 Å². The first-order chi connectivity index (χ1) is 16.2. The second-order valence-corrected chi connectivity index (χ2v) is 10.2. The average molecular weight is 503 g/mol. The second kappa shape index (κ2) is 21.9. The maximum atomic E-state index is 5.88. The maximum Gasteiger partial charge on any atom is 0.322 e. The Morgan fingerprint density at radius 2 is 0.909 bits per heavy atom. The summed E-state index contributed by atoms with van der Waals surface area (Å²) in [6.45, 7) is 5.18. The molecule has 0 N–H and O–H groups in total. The molecule has 0 saturated heterocycles. The Bertz CT molecular complexity index is 554. The summed E-state index contributed by atoms with van der Waals surface area (Å²) in [5.41, 5.74) is 0. The second-order valence-electron chi connectivity index (χ2n) is 9.57. The minimum atomic E-state index is 0.0827. The summed E-state index contributed by atoms with van der Waals surface area (Å²) in [6.07, 6.45) is 26.9. The summed E-state index contributed by atoms with van der Waals surface area (Å²) < 4.78 is 5.86. The van der Waals surface area contributed by atoms with Gasteiger partial charge in [0.2, 0.25) is 10.6 Å². The van der Waals surface area contributed by atoms with Crippen LogP contribution in [-0.2, 0) is 0 Å². The van der Waals surface area contributed by atoms with Gasteiger partial charge in [-0.1, -0.05) is 129 Å². The summed E-state index contributed by atoms with van der Waals surface area (Å²) in [4.78, 5) is 11.9. The lowest BCUT2D eigenvalue weighted by atomic mass is 9.94. The van der Waals surface area contributed by atoms with Gasteiger partial charge in [0.25, 0.3) is 0 Å². The van der Waals surface area contributed by atoms with Crippen LogP contribution < -0.4 is 4.74 Å². The fourth-order valence-electron chi connectivity index (χ4n) is 4.36. The van der Waals surface area contributed by atoms with Crippen LogP contribution in [0.25, 0.3) is 0 Å². The first kappa shape index (κ1) is 30.4. The highest BCUT2D eigenvalue weighted by Gasteiger charge is 2.12. The van der Waals surface area contributed by atoms with E-state index in [-0.39, 0.29) is 16.6 Å². The first-order valence-electron chi connectivity index (χ1n) is 13.9. The molecule has 33 heavy (non-hydrogen) atoms. The summed E-state index contributed by atoms with van der Waals surface area (Å²) in [7, 11) is 0. The van der Waals surface area contributed by atoms with Gasteiger partial charge in [-0.15, -0.1) is 0 Å². The Morgan fingerprint density at radius 1 is 0.545 bits per heavy atom. The van der Waals surface area contributed by atoms with Gasteiger partial charge in [-0.2, -0.15) is 15.0 Å². The molecule has 1 aromatic rings. The van der Waals surface area contributed by atoms with Crippen molar-refractivity contribution < 1.29 is 4.74 Å². The fraction of sp³-hybridized carbons (Fsp3) is 0.889. The van der Waals surface area contributed by atoms with Gasteiger partial charge in [0.05, 0.1) is 6.61 Å². The van der Waals surface area contributed by atoms with Crippen molar-refractivity contribution in [2.75, 3.05) is 6.61 Å². The molecule has 1 heterocycles. The molecule has 4 nitrogen and oxygen atoms in total. The van der Waals surface area contributed by atoms with Gasteiger partial charge >= 0.3 is 6.01 Å². The van der Waals surface area contributed by atoms with Crippen LogP contribution in [0.15, 0.2) is 0 Å². The number of ether oxygens (including phenoxy) is 1. The highest BCUT2D eigenvalue weighted by atomic mass is 35.5. The largest absolute Gasteiger partial charge is 0.463 e. The summed E-state index contributed by atoms with van der Waals surface area (Å²) in [6, 6.07) is 0.240. The summed E-state index contributed by atoms with van der Waals surface area (Å²) in [5, 5.41) is 0.165. The molecule has 0 spiro atoms. The van der Waals surface area contributed by atoms with Crippen LogP contribution in [0.3, 0.4) is 0 Å². The van der Waals surface area contributed by atoms with Crippen molar-refractivity contribution in [3.63, 3.8) is 0 Å². The minimum absolute atomic E-state index is 0.0827. The fourth-order valence-corrected chi connectivity index (χ4v) is 4.71. The number of hydrogen-bond acceptors (Lipinski definition) is 4. The Morgan fingerprint density at radius 3 is 1.30 bits per heavy atom. The van der Waals surface area contributed by atoms with E-state index in [2.05, 4.69) is 28.8 Å². The van der Waals surface area contributed by atoms with E-state index in [9.17, 15) is 0 Å². The van der Waals surface area contributed by atoms with Gasteiger partial charge in [0, 0.05) is 0 Å². The topological polar surface area (TPSA) is 47.9 Å². The zero-order valence-electron chi connectivity index (χ0n) is 21.4. The quantitative estimate of drug-likeness (QED) is 0.140. The molecule has 0 bridgehead atoms. The van der Waals surface area contributed by atoms with Crippen LogP contribution in [0.2, 0.25) is 10.6 Å². The summed E-state index contributed by atoms with van der Waals surface area (Å²) >= 11 is 11.8. The molecule has 0 amide bonds. The standard InChI is InChI=1S/C27H49Cl2N3O/c1-3-5-7-9-11-13-14-16-18-20-22-24(21-19-17-15-12-10-8-6-4-2)23-33-27-31-25(28)30-26(29)32-27/h24H,3-23H2,1-2H3. The lowest BCUT2D eigenvalue weighted by Crippen LogP contribution is -2.14. The van der Waals surface area contributed by atoms with E-state index in [1.807, 2.05) is 0 Å². The molecule has 1 unspecified atom stereocenters. The molecule has 1 aromatic heterocycles. The molecule has 0 aromatic carbocycles. The number of aromatic nitrogens is 3. The van der Waals surface area contributed by atoms with E-state index in [4.69, 9.17) is 27.9 Å². The van der Waals surface area contributed by atoms with Gasteiger partial charge in [-0.3, -0.25) is 0 Å². The van der Waals surface area contributed by atoms with Crippen LogP contribution in [0.4, 0.5) is 0 Å². The van der Waals surface area contributed by atoms with Crippen LogP contribution >= 0.6 is 23.2 Å². The SMILES string of the molecule is CCCCCCCCCCCCC(CCCCCCCCCC)COc1nc(Cl)nc(Cl)n1. The van der Waals surface area contributed by atoms with Gasteiger partial charge < -0.3 is 4.74 Å². The van der Waals surface area contributed by atoms with Crippen LogP contribution in [0, 0.1) is 5.92 Å². The van der Waals surface area contributed by atoms with Gasteiger partial charge in [-0.05, 0) is 42.0 Å². The van der Waals surface area contributed by atoms with E-state index in [1.54, 1.807) is 0 Å². The molecule has 0 aliphatic carbocycles. The van der Waals surface area contributed by atoms with Crippen molar-refractivity contribution in [2.45, 2.75) is 142 Å². The minimum Gasteiger partial charge on any atom is -0.463 e. The van der Waals surface area contributed by atoms with Crippen LogP contribution in [0.1, 0.15) is 142 Å². The number of hydrogen-bond donors (Lipinski definition) is 0. The highest BCUT2D eigenvalue weighted by Crippen LogP contribution is 2.21. The molecule has 0 aliphatic heterocycles. The number of nitrogens with zero attached hydrogens (tertiary/aromatic N) is 3. The first-order valence-corrected chi connectivity index (χ1v) is 14.6. The molecule has 1 rings (SSSR count). The van der Waals surface area contributed by atoms with Gasteiger partial charge in [0.1, 0.15) is 0 Å². The maximum absolute atomic E-state index is 5.88. The summed E-state index contributed by atoms with van der Waals surface area (Å²) in [5.74, 6) is 0.536. The van der Waals surface area contributed by atoms with Crippen molar-refractivity contribution in [3.05, 3.63) is 10.6 Å². The Labute approximate surface area is 214 Å². The predicted octanol–water partition coefficient (Wildman–Crippen LogP) is 10.0. The van der Waals surface area contributed by atoms with Gasteiger partial charge in [0.15, 0.2) is 0 Å². The molecular formula is C27H49Cl2N3O.